The molecule has 2 aliphatic rings. The van der Waals surface area contributed by atoms with E-state index < -0.39 is 0 Å². The fourth-order valence-corrected chi connectivity index (χ4v) is 3.69. The molecule has 2 aliphatic heterocycles. The van der Waals surface area contributed by atoms with Crippen molar-refractivity contribution in [1.29, 1.82) is 0 Å². The highest BCUT2D eigenvalue weighted by Gasteiger charge is 2.24. The van der Waals surface area contributed by atoms with Crippen LogP contribution in [-0.2, 0) is 9.47 Å². The highest BCUT2D eigenvalue weighted by molar-refractivity contribution is 5.80. The lowest BCUT2D eigenvalue weighted by atomic mass is 10.1. The van der Waals surface area contributed by atoms with Crippen LogP contribution in [0.2, 0.25) is 0 Å². The molecular formula is C22H34FN3O3. The number of benzene rings is 1. The van der Waals surface area contributed by atoms with Crippen LogP contribution in [0.25, 0.3) is 0 Å². The van der Waals surface area contributed by atoms with E-state index in [1.807, 2.05) is 6.92 Å². The summed E-state index contributed by atoms with van der Waals surface area (Å²) in [6.07, 6.45) is 4.59. The lowest BCUT2D eigenvalue weighted by Gasteiger charge is -2.34. The molecule has 1 N–H and O–H groups in total. The van der Waals surface area contributed by atoms with Crippen molar-refractivity contribution in [3.63, 3.8) is 0 Å². The molecule has 0 bridgehead atoms. The van der Waals surface area contributed by atoms with E-state index in [1.54, 1.807) is 18.2 Å². The van der Waals surface area contributed by atoms with Crippen molar-refractivity contribution >= 4 is 5.96 Å². The van der Waals surface area contributed by atoms with Gasteiger partial charge in [0.2, 0.25) is 0 Å². The van der Waals surface area contributed by atoms with Crippen LogP contribution in [0.3, 0.4) is 0 Å². The molecule has 0 aromatic heterocycles. The molecule has 0 amide bonds. The first-order valence-corrected chi connectivity index (χ1v) is 10.8. The summed E-state index contributed by atoms with van der Waals surface area (Å²) in [4.78, 5) is 6.99. The van der Waals surface area contributed by atoms with E-state index in [0.29, 0.717) is 19.3 Å². The van der Waals surface area contributed by atoms with Crippen LogP contribution in [0.5, 0.6) is 5.75 Å². The number of aliphatic imine (C=N–C) groups is 1. The number of halogens is 1. The third-order valence-electron chi connectivity index (χ3n) is 5.28. The summed E-state index contributed by atoms with van der Waals surface area (Å²) >= 11 is 0. The minimum absolute atomic E-state index is 0.215. The van der Waals surface area contributed by atoms with Crippen LogP contribution in [0.4, 0.5) is 4.39 Å². The Morgan fingerprint density at radius 2 is 2.10 bits per heavy atom. The highest BCUT2D eigenvalue weighted by atomic mass is 19.1. The van der Waals surface area contributed by atoms with Gasteiger partial charge in [-0.05, 0) is 51.7 Å². The van der Waals surface area contributed by atoms with Crippen LogP contribution in [0.1, 0.15) is 39.5 Å². The molecule has 162 valence electrons. The largest absolute Gasteiger partial charge is 0.486 e. The molecule has 1 aromatic rings. The average Bonchev–Trinajstić information content (AvgIpc) is 3.25. The fraction of sp³-hybridized carbons (Fsp3) is 0.682. The number of rotatable bonds is 8. The maximum atomic E-state index is 13.8. The molecule has 3 rings (SSSR count). The molecule has 7 heteroatoms. The first kappa shape index (κ1) is 21.8. The summed E-state index contributed by atoms with van der Waals surface area (Å²) in [7, 11) is 0. The number of piperidine rings is 1. The number of nitrogens with one attached hydrogen (secondary N) is 1. The highest BCUT2D eigenvalue weighted by Crippen LogP contribution is 2.19. The smallest absolute Gasteiger partial charge is 0.194 e. The minimum Gasteiger partial charge on any atom is -0.486 e. The van der Waals surface area contributed by atoms with E-state index in [0.717, 1.165) is 57.9 Å². The zero-order valence-corrected chi connectivity index (χ0v) is 17.6. The molecule has 2 fully saturated rings. The van der Waals surface area contributed by atoms with Gasteiger partial charge in [-0.25, -0.2) is 9.38 Å². The second-order valence-electron chi connectivity index (χ2n) is 7.71. The Hall–Kier alpha value is -1.86. The number of para-hydroxylation sites is 1. The van der Waals surface area contributed by atoms with Crippen LogP contribution < -0.4 is 10.1 Å². The molecule has 2 heterocycles. The van der Waals surface area contributed by atoms with Gasteiger partial charge in [0.1, 0.15) is 6.10 Å². The van der Waals surface area contributed by atoms with Crippen molar-refractivity contribution in [2.75, 3.05) is 39.4 Å². The normalized spacial score (nSPS) is 22.0. The summed E-state index contributed by atoms with van der Waals surface area (Å²) in [6.45, 7) is 8.63. The van der Waals surface area contributed by atoms with Crippen molar-refractivity contribution in [1.82, 2.24) is 10.2 Å². The fourth-order valence-electron chi connectivity index (χ4n) is 3.69. The van der Waals surface area contributed by atoms with Gasteiger partial charge >= 0.3 is 0 Å². The first-order chi connectivity index (χ1) is 14.2. The van der Waals surface area contributed by atoms with Gasteiger partial charge < -0.3 is 24.4 Å². The first-order valence-electron chi connectivity index (χ1n) is 10.8. The molecule has 1 aromatic carbocycles. The molecule has 0 aliphatic carbocycles. The predicted octanol–water partition coefficient (Wildman–Crippen LogP) is 3.22. The lowest BCUT2D eigenvalue weighted by molar-refractivity contribution is -0.0367. The average molecular weight is 408 g/mol. The van der Waals surface area contributed by atoms with E-state index in [2.05, 4.69) is 17.1 Å². The summed E-state index contributed by atoms with van der Waals surface area (Å²) < 4.78 is 31.2. The van der Waals surface area contributed by atoms with Crippen molar-refractivity contribution < 1.29 is 18.6 Å². The van der Waals surface area contributed by atoms with Crippen molar-refractivity contribution in [2.24, 2.45) is 4.99 Å². The van der Waals surface area contributed by atoms with Gasteiger partial charge in [0.15, 0.2) is 17.5 Å². The van der Waals surface area contributed by atoms with Crippen molar-refractivity contribution in [2.45, 2.75) is 57.8 Å². The van der Waals surface area contributed by atoms with Gasteiger partial charge in [-0.3, -0.25) is 0 Å². The third-order valence-corrected chi connectivity index (χ3v) is 5.28. The van der Waals surface area contributed by atoms with E-state index >= 15 is 0 Å². The van der Waals surface area contributed by atoms with Crippen LogP contribution in [0.15, 0.2) is 29.3 Å². The Morgan fingerprint density at radius 3 is 2.79 bits per heavy atom. The number of nitrogens with zero attached hydrogens (tertiary/aromatic N) is 2. The molecule has 2 unspecified atom stereocenters. The Balaban J connectivity index is 1.45. The van der Waals surface area contributed by atoms with E-state index in [4.69, 9.17) is 19.2 Å². The number of hydrogen-bond donors (Lipinski definition) is 1. The molecule has 29 heavy (non-hydrogen) atoms. The standard InChI is InChI=1S/C22H34FN3O3/c1-3-24-22(25-15-17(2)29-21-9-5-4-8-20(21)23)26-12-10-18(11-13-26)28-16-19-7-6-14-27-19/h4-5,8-9,17-19H,3,6-7,10-16H2,1-2H3,(H,24,25). The van der Waals surface area contributed by atoms with Gasteiger partial charge in [-0.1, -0.05) is 12.1 Å². The summed E-state index contributed by atoms with van der Waals surface area (Å²) in [5, 5.41) is 3.36. The van der Waals surface area contributed by atoms with Crippen LogP contribution in [-0.4, -0.2) is 68.6 Å². The Kier molecular flexibility index (Phi) is 8.55. The second-order valence-corrected chi connectivity index (χ2v) is 7.71. The Morgan fingerprint density at radius 1 is 1.31 bits per heavy atom. The van der Waals surface area contributed by atoms with Crippen molar-refractivity contribution in [3.8, 4) is 5.75 Å². The van der Waals surface area contributed by atoms with E-state index in [9.17, 15) is 4.39 Å². The molecule has 0 spiro atoms. The number of guanidine groups is 1. The summed E-state index contributed by atoms with van der Waals surface area (Å²) in [5.41, 5.74) is 0. The maximum absolute atomic E-state index is 13.8. The van der Waals surface area contributed by atoms with E-state index in [1.165, 1.54) is 6.07 Å². The predicted molar refractivity (Wildman–Crippen MR) is 112 cm³/mol. The second kappa shape index (κ2) is 11.4. The van der Waals surface area contributed by atoms with Gasteiger partial charge in [-0.15, -0.1) is 0 Å². The van der Waals surface area contributed by atoms with Gasteiger partial charge in [0.25, 0.3) is 0 Å². The third kappa shape index (κ3) is 6.85. The molecule has 6 nitrogen and oxygen atoms in total. The number of likely N-dealkylation sites (tertiary alicyclic amines) is 1. The Bertz CT molecular complexity index is 644. The van der Waals surface area contributed by atoms with Crippen LogP contribution in [0, 0.1) is 5.82 Å². The quantitative estimate of drug-likeness (QED) is 0.530. The minimum atomic E-state index is -0.347. The van der Waals surface area contributed by atoms with Gasteiger partial charge in [0, 0.05) is 26.2 Å². The molecule has 0 radical (unpaired) electrons. The Labute approximate surface area is 173 Å². The lowest BCUT2D eigenvalue weighted by Crippen LogP contribution is -2.47. The molecule has 0 saturated carbocycles. The molecule has 2 atom stereocenters. The van der Waals surface area contributed by atoms with Crippen LogP contribution >= 0.6 is 0 Å². The maximum Gasteiger partial charge on any atom is 0.194 e. The monoisotopic (exact) mass is 407 g/mol. The van der Waals surface area contributed by atoms with Crippen molar-refractivity contribution in [3.05, 3.63) is 30.1 Å². The van der Waals surface area contributed by atoms with Gasteiger partial charge in [0.05, 0.1) is 25.4 Å². The molecular weight excluding hydrogens is 373 g/mol. The molecule has 2 saturated heterocycles. The van der Waals surface area contributed by atoms with E-state index in [-0.39, 0.29) is 23.8 Å². The summed E-state index contributed by atoms with van der Waals surface area (Å²) in [6, 6.07) is 6.47. The number of ether oxygens (including phenoxy) is 3. The SMILES string of the molecule is CCNC(=NCC(C)Oc1ccccc1F)N1CCC(OCC2CCCO2)CC1. The van der Waals surface area contributed by atoms with Gasteiger partial charge in [-0.2, -0.15) is 0 Å². The number of hydrogen-bond acceptors (Lipinski definition) is 4. The topological polar surface area (TPSA) is 55.3 Å². The zero-order valence-electron chi connectivity index (χ0n) is 17.6. The zero-order chi connectivity index (χ0) is 20.5. The summed E-state index contributed by atoms with van der Waals surface area (Å²) in [5.74, 6) is 0.804.